The second-order valence-electron chi connectivity index (χ2n) is 7.17. The third-order valence-corrected chi connectivity index (χ3v) is 5.66. The first-order valence-corrected chi connectivity index (χ1v) is 9.90. The minimum absolute atomic E-state index is 0.515. The predicted molar refractivity (Wildman–Crippen MR) is 100 cm³/mol. The van der Waals surface area contributed by atoms with Crippen LogP contribution in [-0.2, 0) is 12.8 Å². The molecule has 1 aromatic heterocycles. The third kappa shape index (κ3) is 4.39. The number of likely N-dealkylation sites (tertiary alicyclic amines) is 1. The normalized spacial score (nSPS) is 19.1. The largest absolute Gasteiger partial charge is 0.309 e. The summed E-state index contributed by atoms with van der Waals surface area (Å²) in [5, 5.41) is 10.0. The average molecular weight is 345 g/mol. The minimum atomic E-state index is 0.515. The van der Waals surface area contributed by atoms with E-state index in [1.165, 1.54) is 31.5 Å². The van der Waals surface area contributed by atoms with E-state index in [2.05, 4.69) is 70.9 Å². The van der Waals surface area contributed by atoms with Gasteiger partial charge in [0.2, 0.25) is 0 Å². The molecule has 1 aliphatic rings. The van der Waals surface area contributed by atoms with Gasteiger partial charge in [0.15, 0.2) is 5.16 Å². The van der Waals surface area contributed by atoms with Gasteiger partial charge in [0, 0.05) is 31.8 Å². The van der Waals surface area contributed by atoms with E-state index in [0.29, 0.717) is 5.92 Å². The number of hydrogen-bond acceptors (Lipinski definition) is 4. The monoisotopic (exact) mass is 344 g/mol. The maximum atomic E-state index is 4.53. The van der Waals surface area contributed by atoms with Crippen LogP contribution >= 0.6 is 11.8 Å². The molecule has 4 nitrogen and oxygen atoms in total. The molecule has 1 aromatic carbocycles. The molecular weight excluding hydrogens is 316 g/mol. The van der Waals surface area contributed by atoms with Gasteiger partial charge in [0.25, 0.3) is 0 Å². The highest BCUT2D eigenvalue weighted by molar-refractivity contribution is 7.98. The van der Waals surface area contributed by atoms with Gasteiger partial charge in [-0.2, -0.15) is 0 Å². The predicted octanol–water partition coefficient (Wildman–Crippen LogP) is 3.94. The zero-order chi connectivity index (χ0) is 16.9. The van der Waals surface area contributed by atoms with Gasteiger partial charge in [0.1, 0.15) is 5.82 Å². The first kappa shape index (κ1) is 17.5. The van der Waals surface area contributed by atoms with Gasteiger partial charge in [-0.3, -0.25) is 0 Å². The fourth-order valence-corrected chi connectivity index (χ4v) is 4.35. The van der Waals surface area contributed by atoms with Crippen LogP contribution in [0.15, 0.2) is 35.5 Å². The molecule has 1 aliphatic heterocycles. The Labute approximate surface area is 149 Å². The standard InChI is InChI=1S/C19H28N4S/c1-15(2)12-23-11-7-10-17(13-23)18-20-21-19(22(18)3)24-14-16-8-5-4-6-9-16/h4-6,8-9,15,17H,7,10-14H2,1-3H3. The summed E-state index contributed by atoms with van der Waals surface area (Å²) in [6.45, 7) is 8.12. The fraction of sp³-hybridized carbons (Fsp3) is 0.579. The number of benzene rings is 1. The summed E-state index contributed by atoms with van der Waals surface area (Å²) < 4.78 is 2.21. The number of rotatable bonds is 6. The summed E-state index contributed by atoms with van der Waals surface area (Å²) in [6.07, 6.45) is 2.49. The van der Waals surface area contributed by atoms with Crippen molar-refractivity contribution in [1.29, 1.82) is 0 Å². The molecule has 2 aromatic rings. The van der Waals surface area contributed by atoms with Crippen molar-refractivity contribution in [3.63, 3.8) is 0 Å². The van der Waals surface area contributed by atoms with Crippen LogP contribution < -0.4 is 0 Å². The van der Waals surface area contributed by atoms with Crippen LogP contribution in [0.4, 0.5) is 0 Å². The zero-order valence-electron chi connectivity index (χ0n) is 15.0. The zero-order valence-corrected chi connectivity index (χ0v) is 15.8. The third-order valence-electron chi connectivity index (χ3n) is 4.57. The maximum absolute atomic E-state index is 4.53. The molecule has 130 valence electrons. The smallest absolute Gasteiger partial charge is 0.191 e. The van der Waals surface area contributed by atoms with Gasteiger partial charge >= 0.3 is 0 Å². The number of hydrogen-bond donors (Lipinski definition) is 0. The van der Waals surface area contributed by atoms with Crippen LogP contribution in [0.1, 0.15) is 44.0 Å². The summed E-state index contributed by atoms with van der Waals surface area (Å²) in [5.74, 6) is 3.33. The van der Waals surface area contributed by atoms with Crippen molar-refractivity contribution < 1.29 is 0 Å². The van der Waals surface area contributed by atoms with Crippen molar-refractivity contribution in [3.8, 4) is 0 Å². The summed E-state index contributed by atoms with van der Waals surface area (Å²) in [5.41, 5.74) is 1.33. The molecule has 0 bridgehead atoms. The highest BCUT2D eigenvalue weighted by Gasteiger charge is 2.26. The Morgan fingerprint density at radius 2 is 2.00 bits per heavy atom. The lowest BCUT2D eigenvalue weighted by Gasteiger charge is -2.33. The Balaban J connectivity index is 1.63. The lowest BCUT2D eigenvalue weighted by Crippen LogP contribution is -2.37. The van der Waals surface area contributed by atoms with Crippen LogP contribution in [0.2, 0.25) is 0 Å². The van der Waals surface area contributed by atoms with Gasteiger partial charge in [-0.15, -0.1) is 10.2 Å². The molecule has 1 saturated heterocycles. The molecule has 24 heavy (non-hydrogen) atoms. The van der Waals surface area contributed by atoms with Crippen LogP contribution in [0, 0.1) is 5.92 Å². The topological polar surface area (TPSA) is 34.0 Å². The number of piperidine rings is 1. The molecule has 0 spiro atoms. The molecule has 0 amide bonds. The Hall–Kier alpha value is -1.33. The first-order valence-electron chi connectivity index (χ1n) is 8.92. The SMILES string of the molecule is CC(C)CN1CCCC(c2nnc(SCc3ccccc3)n2C)C1. The van der Waals surface area contributed by atoms with E-state index < -0.39 is 0 Å². The van der Waals surface area contributed by atoms with Crippen LogP contribution in [0.3, 0.4) is 0 Å². The molecule has 0 saturated carbocycles. The molecule has 1 atom stereocenters. The first-order chi connectivity index (χ1) is 11.6. The van der Waals surface area contributed by atoms with Crippen molar-refractivity contribution in [2.24, 2.45) is 13.0 Å². The summed E-state index contributed by atoms with van der Waals surface area (Å²) in [7, 11) is 2.12. The second-order valence-corrected chi connectivity index (χ2v) is 8.11. The molecule has 2 heterocycles. The summed E-state index contributed by atoms with van der Waals surface area (Å²) >= 11 is 1.77. The molecule has 0 N–H and O–H groups in total. The quantitative estimate of drug-likeness (QED) is 0.743. The minimum Gasteiger partial charge on any atom is -0.309 e. The molecule has 0 aliphatic carbocycles. The van der Waals surface area contributed by atoms with Gasteiger partial charge in [-0.05, 0) is 30.9 Å². The summed E-state index contributed by atoms with van der Waals surface area (Å²) in [6, 6.07) is 10.6. The van der Waals surface area contributed by atoms with Gasteiger partial charge in [-0.25, -0.2) is 0 Å². The Morgan fingerprint density at radius 1 is 1.21 bits per heavy atom. The number of thioether (sulfide) groups is 1. The van der Waals surface area contributed by atoms with Crippen LogP contribution in [-0.4, -0.2) is 39.3 Å². The number of aromatic nitrogens is 3. The fourth-order valence-electron chi connectivity index (χ4n) is 3.48. The molecule has 3 rings (SSSR count). The Bertz CT molecular complexity index is 638. The Kier molecular flexibility index (Phi) is 5.95. The van der Waals surface area contributed by atoms with E-state index in [0.717, 1.165) is 29.2 Å². The lowest BCUT2D eigenvalue weighted by molar-refractivity contribution is 0.183. The van der Waals surface area contributed by atoms with Gasteiger partial charge in [0.05, 0.1) is 0 Å². The molecule has 1 unspecified atom stereocenters. The highest BCUT2D eigenvalue weighted by atomic mass is 32.2. The van der Waals surface area contributed by atoms with Crippen molar-refractivity contribution in [3.05, 3.63) is 41.7 Å². The average Bonchev–Trinajstić information content (AvgIpc) is 2.94. The second kappa shape index (κ2) is 8.17. The van der Waals surface area contributed by atoms with Crippen molar-refractivity contribution in [2.45, 2.75) is 43.5 Å². The van der Waals surface area contributed by atoms with E-state index >= 15 is 0 Å². The molecule has 5 heteroatoms. The highest BCUT2D eigenvalue weighted by Crippen LogP contribution is 2.29. The molecule has 0 radical (unpaired) electrons. The van der Waals surface area contributed by atoms with E-state index in [9.17, 15) is 0 Å². The molecular formula is C19H28N4S. The van der Waals surface area contributed by atoms with E-state index in [-0.39, 0.29) is 0 Å². The van der Waals surface area contributed by atoms with Crippen LogP contribution in [0.5, 0.6) is 0 Å². The lowest BCUT2D eigenvalue weighted by atomic mass is 9.96. The summed E-state index contributed by atoms with van der Waals surface area (Å²) in [4.78, 5) is 2.59. The van der Waals surface area contributed by atoms with E-state index in [1.807, 2.05) is 0 Å². The van der Waals surface area contributed by atoms with E-state index in [1.54, 1.807) is 11.8 Å². The molecule has 1 fully saturated rings. The van der Waals surface area contributed by atoms with Crippen molar-refractivity contribution in [1.82, 2.24) is 19.7 Å². The number of nitrogens with zero attached hydrogens (tertiary/aromatic N) is 4. The van der Waals surface area contributed by atoms with Gasteiger partial charge in [-0.1, -0.05) is 55.9 Å². The Morgan fingerprint density at radius 3 is 2.75 bits per heavy atom. The van der Waals surface area contributed by atoms with E-state index in [4.69, 9.17) is 0 Å². The maximum Gasteiger partial charge on any atom is 0.191 e. The van der Waals surface area contributed by atoms with Crippen LogP contribution in [0.25, 0.3) is 0 Å². The van der Waals surface area contributed by atoms with Gasteiger partial charge < -0.3 is 9.47 Å². The van der Waals surface area contributed by atoms with Crippen molar-refractivity contribution >= 4 is 11.8 Å². The van der Waals surface area contributed by atoms with Crippen molar-refractivity contribution in [2.75, 3.05) is 19.6 Å².